The van der Waals surface area contributed by atoms with Gasteiger partial charge in [-0.3, -0.25) is 35.2 Å². The second-order valence-corrected chi connectivity index (χ2v) is 8.68. The van der Waals surface area contributed by atoms with Gasteiger partial charge in [-0.2, -0.15) is 0 Å². The lowest BCUT2D eigenvalue weighted by Crippen LogP contribution is -2.61. The van der Waals surface area contributed by atoms with Gasteiger partial charge in [0.15, 0.2) is 0 Å². The molecule has 2 saturated heterocycles. The maximum atomic E-state index is 13.4. The van der Waals surface area contributed by atoms with Crippen LogP contribution in [0.5, 0.6) is 0 Å². The van der Waals surface area contributed by atoms with Crippen molar-refractivity contribution in [3.05, 3.63) is 35.9 Å². The number of fused-ring (bicyclic) bond motifs is 1. The minimum Gasteiger partial charge on any atom is -0.480 e. The van der Waals surface area contributed by atoms with E-state index in [2.05, 4.69) is 10.2 Å². The van der Waals surface area contributed by atoms with Crippen LogP contribution in [0.25, 0.3) is 0 Å². The standard InChI is InChI=1S/C23H34N4O8/c28-21-18(9-4-13-25-14-5-10-20(22(29)30)26(21)25)24-19(12-11-17-7-2-1-3-8-17)23(31)34-15-6-16-35-27(32)33/h1-3,7-8,18-20,24,32-33H,4-6,9-16H2,(H,29,30). The predicted octanol–water partition coefficient (Wildman–Crippen LogP) is 0.978. The van der Waals surface area contributed by atoms with Crippen LogP contribution >= 0.6 is 0 Å². The van der Waals surface area contributed by atoms with Crippen molar-refractivity contribution in [2.45, 2.75) is 63.1 Å². The molecule has 0 spiro atoms. The molecule has 2 aliphatic rings. The number of carboxylic acid groups (broad SMARTS) is 1. The Bertz CT molecular complexity index is 840. The highest BCUT2D eigenvalue weighted by Gasteiger charge is 2.42. The van der Waals surface area contributed by atoms with E-state index in [9.17, 15) is 19.5 Å². The first-order valence-corrected chi connectivity index (χ1v) is 11.9. The third-order valence-electron chi connectivity index (χ3n) is 6.20. The molecule has 0 saturated carbocycles. The summed E-state index contributed by atoms with van der Waals surface area (Å²) in [7, 11) is 0. The zero-order valence-corrected chi connectivity index (χ0v) is 19.6. The van der Waals surface area contributed by atoms with Crippen molar-refractivity contribution in [2.75, 3.05) is 26.3 Å². The lowest BCUT2D eigenvalue weighted by molar-refractivity contribution is -0.492. The molecule has 1 aromatic carbocycles. The van der Waals surface area contributed by atoms with Crippen LogP contribution in [0.15, 0.2) is 30.3 Å². The average Bonchev–Trinajstić information content (AvgIpc) is 3.00. The monoisotopic (exact) mass is 494 g/mol. The number of carbonyl (C=O) groups excluding carboxylic acids is 2. The summed E-state index contributed by atoms with van der Waals surface area (Å²) in [6.45, 7) is 1.14. The first-order chi connectivity index (χ1) is 16.9. The number of hydrazine groups is 1. The molecule has 3 rings (SSSR count). The Labute approximate surface area is 203 Å². The van der Waals surface area contributed by atoms with E-state index in [1.807, 2.05) is 35.3 Å². The summed E-state index contributed by atoms with van der Waals surface area (Å²) in [4.78, 5) is 42.6. The highest BCUT2D eigenvalue weighted by molar-refractivity contribution is 5.87. The van der Waals surface area contributed by atoms with E-state index >= 15 is 0 Å². The topological polar surface area (TPSA) is 152 Å². The Balaban J connectivity index is 1.67. The molecule has 2 heterocycles. The van der Waals surface area contributed by atoms with Gasteiger partial charge in [-0.25, -0.2) is 9.80 Å². The van der Waals surface area contributed by atoms with Gasteiger partial charge in [-0.15, -0.1) is 0 Å². The number of aliphatic carboxylic acids is 1. The van der Waals surface area contributed by atoms with Crippen molar-refractivity contribution >= 4 is 17.8 Å². The molecule has 4 N–H and O–H groups in total. The highest BCUT2D eigenvalue weighted by Crippen LogP contribution is 2.24. The van der Waals surface area contributed by atoms with Crippen molar-refractivity contribution in [1.29, 1.82) is 0 Å². The van der Waals surface area contributed by atoms with Gasteiger partial charge in [-0.1, -0.05) is 30.3 Å². The van der Waals surface area contributed by atoms with E-state index in [-0.39, 0.29) is 25.5 Å². The molecule has 0 radical (unpaired) electrons. The second-order valence-electron chi connectivity index (χ2n) is 8.68. The highest BCUT2D eigenvalue weighted by atomic mass is 17.1. The molecule has 2 aliphatic heterocycles. The summed E-state index contributed by atoms with van der Waals surface area (Å²) >= 11 is 0. The van der Waals surface area contributed by atoms with Gasteiger partial charge in [-0.05, 0) is 44.1 Å². The van der Waals surface area contributed by atoms with Gasteiger partial charge < -0.3 is 9.84 Å². The van der Waals surface area contributed by atoms with E-state index < -0.39 is 35.5 Å². The van der Waals surface area contributed by atoms with E-state index in [0.717, 1.165) is 5.56 Å². The average molecular weight is 495 g/mol. The van der Waals surface area contributed by atoms with E-state index in [1.165, 1.54) is 5.01 Å². The Kier molecular flexibility index (Phi) is 10.4. The molecule has 2 fully saturated rings. The third kappa shape index (κ3) is 7.95. The van der Waals surface area contributed by atoms with Gasteiger partial charge in [0.25, 0.3) is 5.91 Å². The smallest absolute Gasteiger partial charge is 0.328 e. The second kappa shape index (κ2) is 13.5. The number of hydrogen-bond acceptors (Lipinski definition) is 10. The largest absolute Gasteiger partial charge is 0.480 e. The Morgan fingerprint density at radius 2 is 1.83 bits per heavy atom. The van der Waals surface area contributed by atoms with Crippen molar-refractivity contribution in [2.24, 2.45) is 0 Å². The molecular formula is C23H34N4O8. The number of aryl methyl sites for hydroxylation is 1. The van der Waals surface area contributed by atoms with Crippen molar-refractivity contribution in [1.82, 2.24) is 20.7 Å². The summed E-state index contributed by atoms with van der Waals surface area (Å²) in [6.07, 6.45) is 3.46. The fourth-order valence-electron chi connectivity index (χ4n) is 4.50. The van der Waals surface area contributed by atoms with Gasteiger partial charge in [0.1, 0.15) is 12.1 Å². The molecule has 0 aromatic heterocycles. The summed E-state index contributed by atoms with van der Waals surface area (Å²) in [5.41, 5.74) is 1.03. The summed E-state index contributed by atoms with van der Waals surface area (Å²) in [5.74, 6) is -1.91. The van der Waals surface area contributed by atoms with Crippen LogP contribution in [0.1, 0.15) is 44.1 Å². The van der Waals surface area contributed by atoms with Crippen LogP contribution < -0.4 is 5.32 Å². The molecule has 3 atom stereocenters. The Hall–Kier alpha value is -2.61. The van der Waals surface area contributed by atoms with Gasteiger partial charge in [0.05, 0.1) is 24.6 Å². The zero-order valence-electron chi connectivity index (χ0n) is 19.6. The lowest BCUT2D eigenvalue weighted by atomic mass is 10.0. The predicted molar refractivity (Wildman–Crippen MR) is 121 cm³/mol. The number of esters is 1. The van der Waals surface area contributed by atoms with Crippen LogP contribution in [-0.4, -0.2) is 93.2 Å². The minimum absolute atomic E-state index is 0.00417. The fourth-order valence-corrected chi connectivity index (χ4v) is 4.50. The molecule has 0 aliphatic carbocycles. The zero-order chi connectivity index (χ0) is 25.2. The van der Waals surface area contributed by atoms with Gasteiger partial charge in [0, 0.05) is 19.5 Å². The number of ether oxygens (including phenoxy) is 1. The van der Waals surface area contributed by atoms with Gasteiger partial charge >= 0.3 is 11.9 Å². The molecule has 12 nitrogen and oxygen atoms in total. The first kappa shape index (κ1) is 27.0. The third-order valence-corrected chi connectivity index (χ3v) is 6.20. The maximum absolute atomic E-state index is 13.4. The summed E-state index contributed by atoms with van der Waals surface area (Å²) < 4.78 is 5.36. The normalized spacial score (nSPS) is 21.9. The van der Waals surface area contributed by atoms with Crippen molar-refractivity contribution in [3.63, 3.8) is 0 Å². The minimum atomic E-state index is -1.03. The molecule has 0 bridgehead atoms. The Morgan fingerprint density at radius 3 is 2.51 bits per heavy atom. The van der Waals surface area contributed by atoms with Crippen LogP contribution in [0, 0.1) is 0 Å². The van der Waals surface area contributed by atoms with E-state index in [1.54, 1.807) is 0 Å². The number of hydrogen-bond donors (Lipinski definition) is 4. The molecule has 194 valence electrons. The summed E-state index contributed by atoms with van der Waals surface area (Å²) in [5, 5.41) is 32.7. The number of amides is 1. The molecule has 3 unspecified atom stereocenters. The number of nitrogens with zero attached hydrogens (tertiary/aromatic N) is 3. The molecular weight excluding hydrogens is 460 g/mol. The number of nitrogens with one attached hydrogen (secondary N) is 1. The SMILES string of the molecule is O=C(OCCCON(O)O)C(CCc1ccccc1)NC1CCCN2CCCC(C(=O)O)N2C1=O. The lowest BCUT2D eigenvalue weighted by Gasteiger charge is -2.42. The van der Waals surface area contributed by atoms with Crippen molar-refractivity contribution < 1.29 is 39.5 Å². The Morgan fingerprint density at radius 1 is 1.11 bits per heavy atom. The fraction of sp³-hybridized carbons (Fsp3) is 0.609. The first-order valence-electron chi connectivity index (χ1n) is 11.9. The number of benzene rings is 1. The number of carboxylic acids is 1. The molecule has 1 aromatic rings. The maximum Gasteiger partial charge on any atom is 0.328 e. The van der Waals surface area contributed by atoms with Crippen LogP contribution in [0.3, 0.4) is 0 Å². The molecule has 1 amide bonds. The van der Waals surface area contributed by atoms with Crippen LogP contribution in [-0.2, 0) is 30.4 Å². The molecule has 35 heavy (non-hydrogen) atoms. The number of rotatable bonds is 12. The van der Waals surface area contributed by atoms with Crippen LogP contribution in [0.2, 0.25) is 0 Å². The van der Waals surface area contributed by atoms with E-state index in [4.69, 9.17) is 15.2 Å². The van der Waals surface area contributed by atoms with Gasteiger partial charge in [0.2, 0.25) is 0 Å². The van der Waals surface area contributed by atoms with Crippen molar-refractivity contribution in [3.8, 4) is 0 Å². The van der Waals surface area contributed by atoms with E-state index in [0.29, 0.717) is 51.6 Å². The summed E-state index contributed by atoms with van der Waals surface area (Å²) in [6, 6.07) is 7.23. The molecule has 12 heteroatoms. The number of carbonyl (C=O) groups is 3. The quantitative estimate of drug-likeness (QED) is 0.187. The van der Waals surface area contributed by atoms with Crippen LogP contribution in [0.4, 0.5) is 0 Å².